The molecule has 2 fully saturated rings. The third-order valence-electron chi connectivity index (χ3n) is 5.65. The van der Waals surface area contributed by atoms with Crippen LogP contribution in [-0.4, -0.2) is 25.0 Å². The Hall–Kier alpha value is -0.570. The van der Waals surface area contributed by atoms with E-state index in [0.29, 0.717) is 17.9 Å². The molecule has 0 radical (unpaired) electrons. The molecule has 0 aromatic rings. The Balaban J connectivity index is 1.92. The van der Waals surface area contributed by atoms with Gasteiger partial charge in [-0.15, -0.1) is 0 Å². The molecule has 1 aliphatic heterocycles. The van der Waals surface area contributed by atoms with Crippen LogP contribution in [0.2, 0.25) is 0 Å². The van der Waals surface area contributed by atoms with Gasteiger partial charge in [0.05, 0.1) is 0 Å². The van der Waals surface area contributed by atoms with Crippen LogP contribution in [0.1, 0.15) is 59.8 Å². The zero-order chi connectivity index (χ0) is 14.8. The molecule has 0 aromatic carbocycles. The van der Waals surface area contributed by atoms with Gasteiger partial charge < -0.3 is 10.6 Å². The predicted molar refractivity (Wildman–Crippen MR) is 83.5 cm³/mol. The summed E-state index contributed by atoms with van der Waals surface area (Å²) < 4.78 is 0. The Morgan fingerprint density at radius 3 is 2.55 bits per heavy atom. The number of carbonyl (C=O) groups excluding carboxylic acids is 1. The van der Waals surface area contributed by atoms with Gasteiger partial charge in [0, 0.05) is 11.5 Å². The maximum absolute atomic E-state index is 12.7. The van der Waals surface area contributed by atoms with E-state index in [1.807, 2.05) is 0 Å². The molecular weight excluding hydrogens is 248 g/mol. The van der Waals surface area contributed by atoms with Gasteiger partial charge in [-0.3, -0.25) is 4.79 Å². The third-order valence-corrected chi connectivity index (χ3v) is 5.65. The van der Waals surface area contributed by atoms with E-state index in [9.17, 15) is 4.79 Å². The second-order valence-electron chi connectivity index (χ2n) is 7.74. The van der Waals surface area contributed by atoms with Gasteiger partial charge in [-0.05, 0) is 62.9 Å². The third kappa shape index (κ3) is 3.55. The smallest absolute Gasteiger partial charge is 0.226 e. The number of piperidine rings is 1. The molecule has 0 spiro atoms. The lowest BCUT2D eigenvalue weighted by Gasteiger charge is -2.39. The first-order chi connectivity index (χ1) is 9.41. The molecular formula is C17H32N2O. The minimum Gasteiger partial charge on any atom is -0.353 e. The van der Waals surface area contributed by atoms with Crippen molar-refractivity contribution in [2.75, 3.05) is 13.1 Å². The Morgan fingerprint density at radius 2 is 1.95 bits per heavy atom. The number of nitrogens with one attached hydrogen (secondary N) is 2. The van der Waals surface area contributed by atoms with Crippen molar-refractivity contribution in [1.82, 2.24) is 10.6 Å². The monoisotopic (exact) mass is 280 g/mol. The molecule has 20 heavy (non-hydrogen) atoms. The van der Waals surface area contributed by atoms with Crippen molar-refractivity contribution in [1.29, 1.82) is 0 Å². The van der Waals surface area contributed by atoms with E-state index in [0.717, 1.165) is 25.4 Å². The zero-order valence-electron chi connectivity index (χ0n) is 13.7. The summed E-state index contributed by atoms with van der Waals surface area (Å²) in [5.41, 5.74) is -0.254. The van der Waals surface area contributed by atoms with E-state index in [4.69, 9.17) is 0 Å². The fraction of sp³-hybridized carbons (Fsp3) is 0.941. The minimum absolute atomic E-state index is 0.254. The molecule has 0 aromatic heterocycles. The van der Waals surface area contributed by atoms with Crippen LogP contribution in [0.4, 0.5) is 0 Å². The zero-order valence-corrected chi connectivity index (χ0v) is 13.7. The summed E-state index contributed by atoms with van der Waals surface area (Å²) in [5.74, 6) is 2.16. The molecule has 1 aliphatic carbocycles. The SMILES string of the molecule is CC1CCC(NC(=O)C(C)(C)C2CCCNC2)C(C)C1. The molecule has 1 saturated heterocycles. The lowest BCUT2D eigenvalue weighted by molar-refractivity contribution is -0.134. The lowest BCUT2D eigenvalue weighted by Crippen LogP contribution is -2.52. The molecule has 2 rings (SSSR count). The second kappa shape index (κ2) is 6.46. The van der Waals surface area contributed by atoms with E-state index >= 15 is 0 Å². The predicted octanol–water partition coefficient (Wildman–Crippen LogP) is 2.95. The van der Waals surface area contributed by atoms with E-state index in [-0.39, 0.29) is 11.3 Å². The van der Waals surface area contributed by atoms with Crippen molar-refractivity contribution in [3.63, 3.8) is 0 Å². The first-order valence-electron chi connectivity index (χ1n) is 8.43. The highest BCUT2D eigenvalue weighted by atomic mass is 16.2. The van der Waals surface area contributed by atoms with Crippen LogP contribution in [-0.2, 0) is 4.79 Å². The van der Waals surface area contributed by atoms with E-state index in [1.165, 1.54) is 25.7 Å². The van der Waals surface area contributed by atoms with Crippen LogP contribution in [0.5, 0.6) is 0 Å². The van der Waals surface area contributed by atoms with Crippen LogP contribution in [0.25, 0.3) is 0 Å². The largest absolute Gasteiger partial charge is 0.353 e. The highest BCUT2D eigenvalue weighted by Crippen LogP contribution is 2.34. The number of rotatable bonds is 3. The Kier molecular flexibility index (Phi) is 5.11. The van der Waals surface area contributed by atoms with Crippen LogP contribution in [0.15, 0.2) is 0 Å². The topological polar surface area (TPSA) is 41.1 Å². The Morgan fingerprint density at radius 1 is 1.20 bits per heavy atom. The molecule has 3 nitrogen and oxygen atoms in total. The van der Waals surface area contributed by atoms with Gasteiger partial charge in [0.1, 0.15) is 0 Å². The minimum atomic E-state index is -0.254. The average Bonchev–Trinajstić information content (AvgIpc) is 2.42. The van der Waals surface area contributed by atoms with Gasteiger partial charge >= 0.3 is 0 Å². The van der Waals surface area contributed by atoms with Crippen molar-refractivity contribution in [2.45, 2.75) is 65.8 Å². The molecule has 4 unspecified atom stereocenters. The highest BCUT2D eigenvalue weighted by Gasteiger charge is 2.39. The van der Waals surface area contributed by atoms with Gasteiger partial charge in [0.25, 0.3) is 0 Å². The van der Waals surface area contributed by atoms with E-state index in [1.54, 1.807) is 0 Å². The van der Waals surface area contributed by atoms with Crippen molar-refractivity contribution < 1.29 is 4.79 Å². The maximum atomic E-state index is 12.7. The van der Waals surface area contributed by atoms with Crippen LogP contribution in [0.3, 0.4) is 0 Å². The summed E-state index contributed by atoms with van der Waals surface area (Å²) in [6.45, 7) is 10.9. The fourth-order valence-electron chi connectivity index (χ4n) is 3.89. The molecule has 4 atom stereocenters. The van der Waals surface area contributed by atoms with Crippen LogP contribution in [0, 0.1) is 23.2 Å². The fourth-order valence-corrected chi connectivity index (χ4v) is 3.89. The van der Waals surface area contributed by atoms with Gasteiger partial charge in [0.15, 0.2) is 0 Å². The molecule has 2 aliphatic rings. The van der Waals surface area contributed by atoms with Crippen molar-refractivity contribution in [3.05, 3.63) is 0 Å². The molecule has 1 amide bonds. The van der Waals surface area contributed by atoms with Crippen molar-refractivity contribution >= 4 is 5.91 Å². The van der Waals surface area contributed by atoms with E-state index < -0.39 is 0 Å². The Bertz CT molecular complexity index is 334. The first kappa shape index (κ1) is 15.8. The molecule has 3 heteroatoms. The quantitative estimate of drug-likeness (QED) is 0.834. The number of hydrogen-bond donors (Lipinski definition) is 2. The molecule has 1 heterocycles. The molecule has 116 valence electrons. The molecule has 2 N–H and O–H groups in total. The number of hydrogen-bond acceptors (Lipinski definition) is 2. The Labute approximate surface area is 124 Å². The number of carbonyl (C=O) groups is 1. The summed E-state index contributed by atoms with van der Waals surface area (Å²) in [7, 11) is 0. The van der Waals surface area contributed by atoms with E-state index in [2.05, 4.69) is 38.3 Å². The molecule has 1 saturated carbocycles. The standard InChI is InChI=1S/C17H32N2O/c1-12-7-8-15(13(2)10-12)19-16(20)17(3,4)14-6-5-9-18-11-14/h12-15,18H,5-11H2,1-4H3,(H,19,20). The van der Waals surface area contributed by atoms with Gasteiger partial charge in [-0.2, -0.15) is 0 Å². The van der Waals surface area contributed by atoms with Crippen molar-refractivity contribution in [3.8, 4) is 0 Å². The maximum Gasteiger partial charge on any atom is 0.226 e. The summed E-state index contributed by atoms with van der Waals surface area (Å²) in [4.78, 5) is 12.7. The van der Waals surface area contributed by atoms with Gasteiger partial charge in [-0.1, -0.05) is 27.7 Å². The number of amides is 1. The van der Waals surface area contributed by atoms with Crippen LogP contribution >= 0.6 is 0 Å². The lowest BCUT2D eigenvalue weighted by atomic mass is 9.73. The summed E-state index contributed by atoms with van der Waals surface area (Å²) in [6, 6.07) is 0.384. The molecule has 0 bridgehead atoms. The first-order valence-corrected chi connectivity index (χ1v) is 8.43. The summed E-state index contributed by atoms with van der Waals surface area (Å²) in [5, 5.41) is 6.79. The average molecular weight is 280 g/mol. The second-order valence-corrected chi connectivity index (χ2v) is 7.74. The van der Waals surface area contributed by atoms with Crippen LogP contribution < -0.4 is 10.6 Å². The highest BCUT2D eigenvalue weighted by molar-refractivity contribution is 5.82. The summed E-state index contributed by atoms with van der Waals surface area (Å²) >= 11 is 0. The van der Waals surface area contributed by atoms with Gasteiger partial charge in [0.2, 0.25) is 5.91 Å². The summed E-state index contributed by atoms with van der Waals surface area (Å²) in [6.07, 6.45) is 6.01. The normalized spacial score (nSPS) is 35.6. The van der Waals surface area contributed by atoms with Gasteiger partial charge in [-0.25, -0.2) is 0 Å². The van der Waals surface area contributed by atoms with Crippen molar-refractivity contribution in [2.24, 2.45) is 23.2 Å².